The standard InChI is InChI=1S/C14H11Cl2F2N/c1-19-14(9-6-5-8(15)7-12(9)17)10-3-2-4-11(16)13(10)18/h2-7,14,19H,1H3. The fourth-order valence-corrected chi connectivity index (χ4v) is 2.30. The molecule has 1 unspecified atom stereocenters. The van der Waals surface area contributed by atoms with Crippen LogP contribution in [0.4, 0.5) is 8.78 Å². The summed E-state index contributed by atoms with van der Waals surface area (Å²) in [7, 11) is 1.62. The summed E-state index contributed by atoms with van der Waals surface area (Å²) >= 11 is 11.5. The average molecular weight is 302 g/mol. The van der Waals surface area contributed by atoms with Crippen molar-refractivity contribution in [1.82, 2.24) is 5.32 Å². The molecule has 0 fully saturated rings. The van der Waals surface area contributed by atoms with Crippen LogP contribution in [-0.2, 0) is 0 Å². The molecule has 0 amide bonds. The Morgan fingerprint density at radius 3 is 2.42 bits per heavy atom. The van der Waals surface area contributed by atoms with Crippen molar-refractivity contribution < 1.29 is 8.78 Å². The minimum absolute atomic E-state index is 0.00659. The van der Waals surface area contributed by atoms with E-state index in [1.165, 1.54) is 18.2 Å². The molecule has 5 heteroatoms. The van der Waals surface area contributed by atoms with Gasteiger partial charge < -0.3 is 5.32 Å². The van der Waals surface area contributed by atoms with Gasteiger partial charge in [-0.25, -0.2) is 8.78 Å². The first-order chi connectivity index (χ1) is 9.04. The summed E-state index contributed by atoms with van der Waals surface area (Å²) in [6, 6.07) is 8.30. The SMILES string of the molecule is CNC(c1ccc(Cl)cc1F)c1cccc(Cl)c1F. The lowest BCUT2D eigenvalue weighted by molar-refractivity contribution is 0.547. The van der Waals surface area contributed by atoms with Crippen LogP contribution in [0.25, 0.3) is 0 Å². The zero-order valence-corrected chi connectivity index (χ0v) is 11.6. The molecule has 1 atom stereocenters. The summed E-state index contributed by atoms with van der Waals surface area (Å²) in [5, 5.41) is 3.18. The minimum Gasteiger partial charge on any atom is -0.309 e. The van der Waals surface area contributed by atoms with Crippen molar-refractivity contribution >= 4 is 23.2 Å². The van der Waals surface area contributed by atoms with E-state index in [1.54, 1.807) is 25.2 Å². The quantitative estimate of drug-likeness (QED) is 0.875. The molecule has 0 saturated heterocycles. The average Bonchev–Trinajstić information content (AvgIpc) is 2.37. The van der Waals surface area contributed by atoms with Crippen LogP contribution in [0.1, 0.15) is 17.2 Å². The Labute approximate surface area is 120 Å². The summed E-state index contributed by atoms with van der Waals surface area (Å²) in [6.45, 7) is 0. The molecule has 0 aliphatic carbocycles. The molecule has 0 bridgehead atoms. The van der Waals surface area contributed by atoms with Crippen LogP contribution in [0.15, 0.2) is 36.4 Å². The van der Waals surface area contributed by atoms with E-state index in [0.717, 1.165) is 0 Å². The van der Waals surface area contributed by atoms with Gasteiger partial charge in [-0.3, -0.25) is 0 Å². The van der Waals surface area contributed by atoms with Gasteiger partial charge in [0.25, 0.3) is 0 Å². The summed E-state index contributed by atoms with van der Waals surface area (Å²) in [5.41, 5.74) is 0.601. The molecule has 0 radical (unpaired) electrons. The van der Waals surface area contributed by atoms with E-state index < -0.39 is 17.7 Å². The first-order valence-corrected chi connectivity index (χ1v) is 6.36. The van der Waals surface area contributed by atoms with Crippen molar-refractivity contribution in [3.63, 3.8) is 0 Å². The molecule has 2 aromatic rings. The molecule has 2 rings (SSSR count). The van der Waals surface area contributed by atoms with Crippen molar-refractivity contribution in [3.05, 3.63) is 69.2 Å². The summed E-state index contributed by atoms with van der Waals surface area (Å²) < 4.78 is 27.9. The van der Waals surface area contributed by atoms with Gasteiger partial charge in [0.1, 0.15) is 11.6 Å². The molecule has 0 saturated carbocycles. The predicted octanol–water partition coefficient (Wildman–Crippen LogP) is 4.58. The van der Waals surface area contributed by atoms with Crippen LogP contribution in [0.3, 0.4) is 0 Å². The van der Waals surface area contributed by atoms with E-state index in [1.807, 2.05) is 0 Å². The van der Waals surface area contributed by atoms with Gasteiger partial charge in [0, 0.05) is 16.1 Å². The van der Waals surface area contributed by atoms with Crippen molar-refractivity contribution in [2.24, 2.45) is 0 Å². The number of halogens is 4. The maximum atomic E-state index is 14.0. The van der Waals surface area contributed by atoms with E-state index in [9.17, 15) is 8.78 Å². The third-order valence-electron chi connectivity index (χ3n) is 2.85. The molecule has 1 nitrogen and oxygen atoms in total. The highest BCUT2D eigenvalue weighted by molar-refractivity contribution is 6.31. The normalized spacial score (nSPS) is 12.5. The van der Waals surface area contributed by atoms with Crippen LogP contribution in [0.5, 0.6) is 0 Å². The highest BCUT2D eigenvalue weighted by atomic mass is 35.5. The Balaban J connectivity index is 2.53. The number of rotatable bonds is 3. The molecule has 100 valence electrons. The van der Waals surface area contributed by atoms with Crippen LogP contribution in [-0.4, -0.2) is 7.05 Å². The number of nitrogens with one attached hydrogen (secondary N) is 1. The predicted molar refractivity (Wildman–Crippen MR) is 73.7 cm³/mol. The van der Waals surface area contributed by atoms with Gasteiger partial charge in [-0.05, 0) is 25.2 Å². The van der Waals surface area contributed by atoms with Crippen LogP contribution >= 0.6 is 23.2 Å². The van der Waals surface area contributed by atoms with E-state index >= 15 is 0 Å². The number of hydrogen-bond donors (Lipinski definition) is 1. The molecular weight excluding hydrogens is 291 g/mol. The summed E-state index contributed by atoms with van der Waals surface area (Å²) in [5.74, 6) is -1.05. The van der Waals surface area contributed by atoms with Crippen LogP contribution in [0, 0.1) is 11.6 Å². The summed E-state index contributed by atoms with van der Waals surface area (Å²) in [6.07, 6.45) is 0. The van der Waals surface area contributed by atoms with Crippen LogP contribution in [0.2, 0.25) is 10.0 Å². The monoisotopic (exact) mass is 301 g/mol. The van der Waals surface area contributed by atoms with Crippen molar-refractivity contribution in [1.29, 1.82) is 0 Å². The molecule has 0 spiro atoms. The first kappa shape index (κ1) is 14.3. The van der Waals surface area contributed by atoms with Gasteiger partial charge in [-0.2, -0.15) is 0 Å². The maximum Gasteiger partial charge on any atom is 0.146 e. The van der Waals surface area contributed by atoms with Crippen LogP contribution < -0.4 is 5.32 Å². The topological polar surface area (TPSA) is 12.0 Å². The lowest BCUT2D eigenvalue weighted by Crippen LogP contribution is -2.20. The molecule has 0 heterocycles. The van der Waals surface area contributed by atoms with Gasteiger partial charge in [0.15, 0.2) is 0 Å². The Morgan fingerprint density at radius 2 is 1.79 bits per heavy atom. The fourth-order valence-electron chi connectivity index (χ4n) is 1.96. The van der Waals surface area contributed by atoms with Gasteiger partial charge in [0.2, 0.25) is 0 Å². The molecule has 2 aromatic carbocycles. The number of benzene rings is 2. The van der Waals surface area contributed by atoms with Gasteiger partial charge in [-0.1, -0.05) is 41.4 Å². The number of hydrogen-bond acceptors (Lipinski definition) is 1. The van der Waals surface area contributed by atoms with E-state index in [-0.39, 0.29) is 10.6 Å². The highest BCUT2D eigenvalue weighted by Gasteiger charge is 2.20. The Hall–Kier alpha value is -1.16. The van der Waals surface area contributed by atoms with Crippen molar-refractivity contribution in [3.8, 4) is 0 Å². The van der Waals surface area contributed by atoms with Crippen molar-refractivity contribution in [2.45, 2.75) is 6.04 Å². The lowest BCUT2D eigenvalue weighted by Gasteiger charge is -2.19. The molecule has 0 aliphatic rings. The molecular formula is C14H11Cl2F2N. The molecule has 19 heavy (non-hydrogen) atoms. The van der Waals surface area contributed by atoms with Gasteiger partial charge in [-0.15, -0.1) is 0 Å². The Morgan fingerprint density at radius 1 is 1.05 bits per heavy atom. The van der Waals surface area contributed by atoms with E-state index in [0.29, 0.717) is 10.6 Å². The highest BCUT2D eigenvalue weighted by Crippen LogP contribution is 2.30. The molecule has 1 N–H and O–H groups in total. The summed E-state index contributed by atoms with van der Waals surface area (Å²) in [4.78, 5) is 0. The largest absolute Gasteiger partial charge is 0.309 e. The zero-order valence-electron chi connectivity index (χ0n) is 10.1. The third-order valence-corrected chi connectivity index (χ3v) is 3.38. The molecule has 0 aliphatic heterocycles. The zero-order chi connectivity index (χ0) is 14.0. The first-order valence-electron chi connectivity index (χ1n) is 5.60. The maximum absolute atomic E-state index is 14.0. The minimum atomic E-state index is -0.629. The molecule has 0 aromatic heterocycles. The Bertz CT molecular complexity index is 602. The third kappa shape index (κ3) is 2.89. The van der Waals surface area contributed by atoms with E-state index in [4.69, 9.17) is 23.2 Å². The van der Waals surface area contributed by atoms with Gasteiger partial charge >= 0.3 is 0 Å². The van der Waals surface area contributed by atoms with Crippen molar-refractivity contribution in [2.75, 3.05) is 7.05 Å². The Kier molecular flexibility index (Phi) is 4.40. The van der Waals surface area contributed by atoms with E-state index in [2.05, 4.69) is 5.32 Å². The second-order valence-corrected chi connectivity index (χ2v) is 4.87. The smallest absolute Gasteiger partial charge is 0.146 e. The van der Waals surface area contributed by atoms with Gasteiger partial charge in [0.05, 0.1) is 11.1 Å². The lowest BCUT2D eigenvalue weighted by atomic mass is 9.98. The fraction of sp³-hybridized carbons (Fsp3) is 0.143. The second kappa shape index (κ2) is 5.87. The second-order valence-electron chi connectivity index (χ2n) is 4.03.